The molecule has 4 saturated heterocycles. The molecule has 4 aliphatic heterocycles. The zero-order chi connectivity index (χ0) is 43.8. The van der Waals surface area contributed by atoms with E-state index in [2.05, 4.69) is 63.1 Å². The van der Waals surface area contributed by atoms with Crippen LogP contribution in [0.1, 0.15) is 75.1 Å². The van der Waals surface area contributed by atoms with Gasteiger partial charge < -0.3 is 49.7 Å². The Hall–Kier alpha value is -5.71. The molecule has 0 unspecified atom stereocenters. The van der Waals surface area contributed by atoms with Crippen LogP contribution in [0.2, 0.25) is 5.15 Å². The number of piperidine rings is 2. The van der Waals surface area contributed by atoms with Crippen molar-refractivity contribution in [3.05, 3.63) is 71.4 Å². The molecular formula is C47H51ClN8O8. The summed E-state index contributed by atoms with van der Waals surface area (Å²) in [6.45, 7) is 2.12. The quantitative estimate of drug-likeness (QED) is 0.0975. The number of amides is 4. The van der Waals surface area contributed by atoms with Crippen LogP contribution in [0, 0.1) is 23.7 Å². The molecule has 64 heavy (non-hydrogen) atoms. The minimum absolute atomic E-state index is 0.0356. The van der Waals surface area contributed by atoms with Crippen molar-refractivity contribution in [2.45, 2.75) is 87.6 Å². The molecular weight excluding hydrogens is 840 g/mol. The summed E-state index contributed by atoms with van der Waals surface area (Å²) in [5, 5.41) is 17.4. The first-order valence-electron chi connectivity index (χ1n) is 22.5. The average Bonchev–Trinajstić information content (AvgIpc) is 4.00. The van der Waals surface area contributed by atoms with Crippen LogP contribution >= 0.6 is 11.6 Å². The van der Waals surface area contributed by atoms with Crippen LogP contribution in [0.4, 0.5) is 9.59 Å². The van der Waals surface area contributed by atoms with Gasteiger partial charge in [-0.05, 0) is 121 Å². The lowest BCUT2D eigenvalue weighted by molar-refractivity contribution is -0.138. The maximum atomic E-state index is 14.3. The van der Waals surface area contributed by atoms with Crippen LogP contribution in [0.25, 0.3) is 44.2 Å². The number of nitrogens with zero attached hydrogens (tertiary/aromatic N) is 4. The van der Waals surface area contributed by atoms with Gasteiger partial charge in [-0.2, -0.15) is 0 Å². The summed E-state index contributed by atoms with van der Waals surface area (Å²) >= 11 is 6.83. The highest BCUT2D eigenvalue weighted by atomic mass is 35.5. The number of nitrogens with one attached hydrogen (secondary N) is 4. The average molecular weight is 891 g/mol. The largest absolute Gasteiger partial charge is 0.465 e. The highest BCUT2D eigenvalue weighted by Gasteiger charge is 2.58. The van der Waals surface area contributed by atoms with Gasteiger partial charge in [-0.3, -0.25) is 9.59 Å². The van der Waals surface area contributed by atoms with Crippen LogP contribution < -0.4 is 10.6 Å². The Bertz CT molecular complexity index is 2660. The second-order valence-corrected chi connectivity index (χ2v) is 18.8. The summed E-state index contributed by atoms with van der Waals surface area (Å²) in [4.78, 5) is 73.3. The molecule has 5 aromatic rings. The minimum atomic E-state index is -1.21. The number of likely N-dealkylation sites (tertiary alicyclic amines) is 2. The molecule has 0 spiro atoms. The van der Waals surface area contributed by atoms with Crippen molar-refractivity contribution in [2.75, 3.05) is 33.5 Å². The van der Waals surface area contributed by atoms with E-state index in [0.717, 1.165) is 70.0 Å². The third-order valence-electron chi connectivity index (χ3n) is 14.7. The lowest BCUT2D eigenvalue weighted by Crippen LogP contribution is -2.54. The van der Waals surface area contributed by atoms with Gasteiger partial charge in [-0.1, -0.05) is 41.9 Å². The predicted molar refractivity (Wildman–Crippen MR) is 235 cm³/mol. The Morgan fingerprint density at radius 3 is 1.84 bits per heavy atom. The SMILES string of the molecule is COC(=O)N[C@H](C(=O)N1[C@@H]2C[C@H]2C[C@H]1c1nc2cc(-c3ccc4cc(-c5[nH]c([C@@H]6C[C@H]7C[C@H]7N6C(=O)[C@@H](NC(=O)O)C6CCOCC6)nc5Cl)ccc4c3)ccc2[nH]1)C1CCOCC1. The molecule has 2 saturated carbocycles. The lowest BCUT2D eigenvalue weighted by Gasteiger charge is -2.35. The Morgan fingerprint density at radius 2 is 1.25 bits per heavy atom. The number of carbonyl (C=O) groups is 4. The van der Waals surface area contributed by atoms with Crippen LogP contribution in [0.15, 0.2) is 54.6 Å². The normalized spacial score (nSPS) is 26.3. The number of carbonyl (C=O) groups excluding carboxylic acids is 3. The molecule has 2 aromatic heterocycles. The predicted octanol–water partition coefficient (Wildman–Crippen LogP) is 6.96. The molecule has 0 bridgehead atoms. The fourth-order valence-electron chi connectivity index (χ4n) is 11.2. The summed E-state index contributed by atoms with van der Waals surface area (Å²) in [6.07, 6.45) is 4.22. The number of ether oxygens (including phenoxy) is 3. The molecule has 3 aromatic carbocycles. The number of methoxy groups -OCH3 is 1. The molecule has 6 aliphatic rings. The summed E-state index contributed by atoms with van der Waals surface area (Å²) in [6, 6.07) is 16.8. The number of benzene rings is 3. The molecule has 5 N–H and O–H groups in total. The van der Waals surface area contributed by atoms with E-state index in [9.17, 15) is 24.3 Å². The van der Waals surface area contributed by atoms with Crippen LogP contribution in [-0.4, -0.2) is 117 Å². The van der Waals surface area contributed by atoms with Gasteiger partial charge in [0.05, 0.1) is 35.9 Å². The maximum absolute atomic E-state index is 14.3. The first-order valence-corrected chi connectivity index (χ1v) is 22.9. The van der Waals surface area contributed by atoms with Crippen molar-refractivity contribution in [1.29, 1.82) is 0 Å². The zero-order valence-electron chi connectivity index (χ0n) is 35.4. The Balaban J connectivity index is 0.817. The molecule has 8 atom stereocenters. The third-order valence-corrected chi connectivity index (χ3v) is 15.0. The van der Waals surface area contributed by atoms with Gasteiger partial charge in [0.25, 0.3) is 0 Å². The van der Waals surface area contributed by atoms with Crippen molar-refractivity contribution in [3.63, 3.8) is 0 Å². The van der Waals surface area contributed by atoms with Crippen LogP contribution in [0.3, 0.4) is 0 Å². The summed E-state index contributed by atoms with van der Waals surface area (Å²) in [7, 11) is 1.32. The molecule has 6 fully saturated rings. The number of aromatic amines is 2. The Kier molecular flexibility index (Phi) is 10.5. The van der Waals surface area contributed by atoms with Gasteiger partial charge >= 0.3 is 12.2 Å². The number of hydrogen-bond donors (Lipinski definition) is 5. The number of carboxylic acid groups (broad SMARTS) is 1. The van der Waals surface area contributed by atoms with Crippen LogP contribution in [0.5, 0.6) is 0 Å². The van der Waals surface area contributed by atoms with Crippen molar-refractivity contribution in [1.82, 2.24) is 40.4 Å². The smallest absolute Gasteiger partial charge is 0.407 e. The molecule has 17 heteroatoms. The fraction of sp³-hybridized carbons (Fsp3) is 0.489. The number of alkyl carbamates (subject to hydrolysis) is 1. The molecule has 334 valence electrons. The Labute approximate surface area is 373 Å². The van der Waals surface area contributed by atoms with Crippen molar-refractivity contribution < 1.29 is 38.5 Å². The lowest BCUT2D eigenvalue weighted by atomic mass is 9.90. The van der Waals surface area contributed by atoms with E-state index < -0.39 is 24.3 Å². The number of fused-ring (bicyclic) bond motifs is 4. The van der Waals surface area contributed by atoms with Crippen molar-refractivity contribution in [3.8, 4) is 22.4 Å². The fourth-order valence-corrected chi connectivity index (χ4v) is 11.4. The van der Waals surface area contributed by atoms with Gasteiger partial charge in [-0.25, -0.2) is 19.6 Å². The van der Waals surface area contributed by atoms with E-state index in [1.54, 1.807) is 0 Å². The van der Waals surface area contributed by atoms with E-state index in [4.69, 9.17) is 35.8 Å². The summed E-state index contributed by atoms with van der Waals surface area (Å²) in [5.41, 5.74) is 5.26. The number of rotatable bonds is 10. The highest BCUT2D eigenvalue weighted by Crippen LogP contribution is 2.55. The van der Waals surface area contributed by atoms with Crippen molar-refractivity contribution in [2.24, 2.45) is 23.7 Å². The first-order chi connectivity index (χ1) is 31.1. The first kappa shape index (κ1) is 41.0. The topological polar surface area (TPSA) is 204 Å². The highest BCUT2D eigenvalue weighted by molar-refractivity contribution is 6.32. The molecule has 16 nitrogen and oxygen atoms in total. The van der Waals surface area contributed by atoms with E-state index in [1.807, 2.05) is 21.9 Å². The van der Waals surface area contributed by atoms with Gasteiger partial charge in [0.15, 0.2) is 5.15 Å². The number of aromatic nitrogens is 4. The van der Waals surface area contributed by atoms with Gasteiger partial charge in [0, 0.05) is 44.1 Å². The number of hydrogen-bond acceptors (Lipinski definition) is 9. The third kappa shape index (κ3) is 7.52. The number of imidazole rings is 2. The van der Waals surface area contributed by atoms with E-state index >= 15 is 0 Å². The van der Waals surface area contributed by atoms with E-state index in [1.165, 1.54) is 7.11 Å². The van der Waals surface area contributed by atoms with Gasteiger partial charge in [0.1, 0.15) is 23.7 Å². The molecule has 11 rings (SSSR count). The van der Waals surface area contributed by atoms with Gasteiger partial charge in [0.2, 0.25) is 11.8 Å². The Morgan fingerprint density at radius 1 is 0.719 bits per heavy atom. The molecule has 2 aliphatic carbocycles. The molecule has 4 amide bonds. The summed E-state index contributed by atoms with van der Waals surface area (Å²) in [5.74, 6) is 1.66. The zero-order valence-corrected chi connectivity index (χ0v) is 36.2. The van der Waals surface area contributed by atoms with Crippen molar-refractivity contribution >= 4 is 57.4 Å². The number of H-pyrrole nitrogens is 2. The molecule has 0 radical (unpaired) electrons. The second-order valence-electron chi connectivity index (χ2n) is 18.5. The molecule has 6 heterocycles. The van der Waals surface area contributed by atoms with Crippen LogP contribution in [-0.2, 0) is 23.8 Å². The van der Waals surface area contributed by atoms with E-state index in [-0.39, 0.29) is 47.8 Å². The second kappa shape index (κ2) is 16.4. The standard InChI is InChI=1S/C47H51ClN8O8/c1-62-47(61)53-40(24-10-14-64-15-11-24)45(58)55-34-19-30(34)21-36(55)42-49-32-7-6-28(18-33(32)50-42)26-2-3-27-17-29(5-4-25(27)16-26)38-41(48)54-43(51-38)37-22-31-20-35(31)56(37)44(57)39(52-46(59)60)23-8-12-63-13-9-23/h2-7,16-18,23-24,30-31,34-37,39-40,52H,8-15,19-22H2,1H3,(H,49,50)(H,51,54)(H,53,61)(H,59,60)/t30-,31+,34+,35+,36-,37-,39-,40-/m0/s1. The monoisotopic (exact) mass is 890 g/mol. The summed E-state index contributed by atoms with van der Waals surface area (Å²) < 4.78 is 16.0. The minimum Gasteiger partial charge on any atom is -0.465 e. The maximum Gasteiger partial charge on any atom is 0.407 e. The van der Waals surface area contributed by atoms with E-state index in [0.29, 0.717) is 80.6 Å². The van der Waals surface area contributed by atoms with Gasteiger partial charge in [-0.15, -0.1) is 0 Å². The number of halogens is 1.